The van der Waals surface area contributed by atoms with Gasteiger partial charge in [-0.1, -0.05) is 23.8 Å². The molecule has 3 aliphatic rings. The normalized spacial score (nSPS) is 25.2. The summed E-state index contributed by atoms with van der Waals surface area (Å²) in [4.78, 5) is 17.6. The van der Waals surface area contributed by atoms with Crippen molar-refractivity contribution in [1.29, 1.82) is 0 Å². The van der Waals surface area contributed by atoms with E-state index in [1.807, 2.05) is 37.3 Å². The first-order chi connectivity index (χ1) is 10.7. The number of hydrogen-bond acceptors (Lipinski definition) is 4. The summed E-state index contributed by atoms with van der Waals surface area (Å²) in [6.07, 6.45) is 6.35. The van der Waals surface area contributed by atoms with Crippen LogP contribution in [0.3, 0.4) is 0 Å². The summed E-state index contributed by atoms with van der Waals surface area (Å²) in [5, 5.41) is 1.13. The Morgan fingerprint density at radius 3 is 2.68 bits per heavy atom. The minimum Gasteiger partial charge on any atom is -0.362 e. The molecule has 22 heavy (non-hydrogen) atoms. The summed E-state index contributed by atoms with van der Waals surface area (Å²) in [6.45, 7) is 6.59. The Kier molecular flexibility index (Phi) is 4.89. The van der Waals surface area contributed by atoms with Gasteiger partial charge in [-0.05, 0) is 32.1 Å². The number of aryl methyl sites for hydroxylation is 1. The predicted molar refractivity (Wildman–Crippen MR) is 93.3 cm³/mol. The van der Waals surface area contributed by atoms with Gasteiger partial charge in [0.1, 0.15) is 0 Å². The topological polar surface area (TPSA) is 23.6 Å². The van der Waals surface area contributed by atoms with E-state index in [2.05, 4.69) is 16.1 Å². The molecule has 1 aromatic carbocycles. The zero-order valence-electron chi connectivity index (χ0n) is 13.4. The summed E-state index contributed by atoms with van der Waals surface area (Å²) in [7, 11) is 0. The van der Waals surface area contributed by atoms with E-state index in [0.29, 0.717) is 6.04 Å². The Morgan fingerprint density at radius 1 is 1.23 bits per heavy atom. The molecule has 0 N–H and O–H groups in total. The lowest BCUT2D eigenvalue weighted by Crippen LogP contribution is -2.37. The minimum atomic E-state index is 0.118. The highest BCUT2D eigenvalue weighted by Crippen LogP contribution is 2.29. The number of fused-ring (bicyclic) bond motifs is 4. The summed E-state index contributed by atoms with van der Waals surface area (Å²) < 4.78 is 0. The first-order valence-corrected chi connectivity index (χ1v) is 9.25. The number of ketones is 1. The molecule has 2 bridgehead atoms. The van der Waals surface area contributed by atoms with Gasteiger partial charge in [0.15, 0.2) is 5.78 Å². The van der Waals surface area contributed by atoms with E-state index in [1.165, 1.54) is 25.9 Å². The highest BCUT2D eigenvalue weighted by atomic mass is 32.2. The van der Waals surface area contributed by atoms with Crippen LogP contribution in [0.1, 0.15) is 28.8 Å². The molecule has 0 spiro atoms. The van der Waals surface area contributed by atoms with Crippen molar-refractivity contribution in [3.63, 3.8) is 0 Å². The number of benzene rings is 1. The van der Waals surface area contributed by atoms with E-state index in [-0.39, 0.29) is 5.78 Å². The SMILES string of the molecule is CSC(=CC(=O)c1cccc(C)c1)N1CCN2CCC1CC2. The first-order valence-electron chi connectivity index (χ1n) is 8.03. The van der Waals surface area contributed by atoms with Crippen LogP contribution in [0.5, 0.6) is 0 Å². The van der Waals surface area contributed by atoms with Crippen molar-refractivity contribution in [1.82, 2.24) is 9.80 Å². The lowest BCUT2D eigenvalue weighted by atomic mass is 10.1. The maximum absolute atomic E-state index is 12.6. The number of thioether (sulfide) groups is 1. The number of nitrogens with zero attached hydrogens (tertiary/aromatic N) is 2. The number of carbonyl (C=O) groups is 1. The van der Waals surface area contributed by atoms with E-state index in [9.17, 15) is 4.79 Å². The van der Waals surface area contributed by atoms with Gasteiger partial charge < -0.3 is 9.80 Å². The van der Waals surface area contributed by atoms with E-state index >= 15 is 0 Å². The van der Waals surface area contributed by atoms with Crippen LogP contribution in [0.25, 0.3) is 0 Å². The molecule has 3 aliphatic heterocycles. The van der Waals surface area contributed by atoms with E-state index in [4.69, 9.17) is 0 Å². The lowest BCUT2D eigenvalue weighted by molar-refractivity contribution is 0.104. The van der Waals surface area contributed by atoms with Crippen molar-refractivity contribution in [2.24, 2.45) is 0 Å². The fraction of sp³-hybridized carbons (Fsp3) is 0.500. The smallest absolute Gasteiger partial charge is 0.188 e. The third-order valence-electron chi connectivity index (χ3n) is 4.70. The maximum Gasteiger partial charge on any atom is 0.188 e. The molecular formula is C18H24N2OS. The number of rotatable bonds is 4. The zero-order valence-corrected chi connectivity index (χ0v) is 14.2. The minimum absolute atomic E-state index is 0.118. The first kappa shape index (κ1) is 15.6. The summed E-state index contributed by atoms with van der Waals surface area (Å²) in [5.41, 5.74) is 1.92. The fourth-order valence-corrected chi connectivity index (χ4v) is 4.13. The van der Waals surface area contributed by atoms with Crippen LogP contribution in [0.4, 0.5) is 0 Å². The molecule has 1 aromatic rings. The Labute approximate surface area is 137 Å². The Hall–Kier alpha value is -1.26. The fourth-order valence-electron chi connectivity index (χ4n) is 3.43. The van der Waals surface area contributed by atoms with Crippen molar-refractivity contribution in [2.75, 3.05) is 32.4 Å². The number of allylic oxidation sites excluding steroid dienone is 1. The highest BCUT2D eigenvalue weighted by molar-refractivity contribution is 8.02. The van der Waals surface area contributed by atoms with Crippen molar-refractivity contribution < 1.29 is 4.79 Å². The van der Waals surface area contributed by atoms with Crippen molar-refractivity contribution >= 4 is 17.5 Å². The quantitative estimate of drug-likeness (QED) is 0.629. The van der Waals surface area contributed by atoms with E-state index in [1.54, 1.807) is 11.8 Å². The van der Waals surface area contributed by atoms with E-state index in [0.717, 1.165) is 29.2 Å². The van der Waals surface area contributed by atoms with Gasteiger partial charge in [-0.15, -0.1) is 11.8 Å². The van der Waals surface area contributed by atoms with Crippen LogP contribution in [0.2, 0.25) is 0 Å². The van der Waals surface area contributed by atoms with Crippen molar-refractivity contribution in [3.8, 4) is 0 Å². The lowest BCUT2D eigenvalue weighted by Gasteiger charge is -2.33. The molecule has 0 aromatic heterocycles. The molecular weight excluding hydrogens is 292 g/mol. The second-order valence-electron chi connectivity index (χ2n) is 6.19. The number of carbonyl (C=O) groups excluding carboxylic acids is 1. The molecule has 4 heteroatoms. The Balaban J connectivity index is 1.82. The van der Waals surface area contributed by atoms with Gasteiger partial charge in [0.25, 0.3) is 0 Å². The average molecular weight is 316 g/mol. The van der Waals surface area contributed by atoms with Gasteiger partial charge in [0.05, 0.1) is 5.03 Å². The second-order valence-corrected chi connectivity index (χ2v) is 7.01. The molecule has 4 rings (SSSR count). The molecule has 0 saturated carbocycles. The summed E-state index contributed by atoms with van der Waals surface area (Å²) in [5.74, 6) is 0.118. The van der Waals surface area contributed by atoms with Crippen LogP contribution >= 0.6 is 11.8 Å². The maximum atomic E-state index is 12.6. The highest BCUT2D eigenvalue weighted by Gasteiger charge is 2.30. The van der Waals surface area contributed by atoms with Gasteiger partial charge in [0, 0.05) is 43.9 Å². The van der Waals surface area contributed by atoms with Gasteiger partial charge in [-0.3, -0.25) is 4.79 Å². The van der Waals surface area contributed by atoms with Gasteiger partial charge in [-0.2, -0.15) is 0 Å². The van der Waals surface area contributed by atoms with Crippen molar-refractivity contribution in [3.05, 3.63) is 46.5 Å². The predicted octanol–water partition coefficient (Wildman–Crippen LogP) is 3.16. The number of piperidine rings is 1. The van der Waals surface area contributed by atoms with Crippen LogP contribution < -0.4 is 0 Å². The van der Waals surface area contributed by atoms with Crippen molar-refractivity contribution in [2.45, 2.75) is 25.8 Å². The van der Waals surface area contributed by atoms with Gasteiger partial charge in [0.2, 0.25) is 0 Å². The van der Waals surface area contributed by atoms with Crippen LogP contribution in [0.15, 0.2) is 35.4 Å². The van der Waals surface area contributed by atoms with Gasteiger partial charge >= 0.3 is 0 Å². The summed E-state index contributed by atoms with van der Waals surface area (Å²) in [6, 6.07) is 8.45. The molecule has 0 amide bonds. The largest absolute Gasteiger partial charge is 0.362 e. The average Bonchev–Trinajstić information content (AvgIpc) is 2.86. The van der Waals surface area contributed by atoms with Crippen LogP contribution in [-0.4, -0.2) is 54.1 Å². The second kappa shape index (κ2) is 6.88. The molecule has 0 atom stereocenters. The molecule has 0 unspecified atom stereocenters. The monoisotopic (exact) mass is 316 g/mol. The third-order valence-corrected chi connectivity index (χ3v) is 5.48. The Bertz CT molecular complexity index is 576. The molecule has 0 radical (unpaired) electrons. The summed E-state index contributed by atoms with van der Waals surface area (Å²) >= 11 is 1.70. The van der Waals surface area contributed by atoms with Crippen LogP contribution in [-0.2, 0) is 0 Å². The Morgan fingerprint density at radius 2 is 2.00 bits per heavy atom. The molecule has 3 fully saturated rings. The molecule has 0 aliphatic carbocycles. The van der Waals surface area contributed by atoms with E-state index < -0.39 is 0 Å². The third kappa shape index (κ3) is 3.39. The molecule has 3 saturated heterocycles. The molecule has 118 valence electrons. The molecule has 3 heterocycles. The number of hydrogen-bond donors (Lipinski definition) is 0. The standard InChI is InChI=1S/C18H24N2OS/c1-14-4-3-5-15(12-14)17(21)13-18(22-2)20-11-10-19-8-6-16(20)7-9-19/h3-5,12-13,16H,6-11H2,1-2H3. The van der Waals surface area contributed by atoms with Crippen LogP contribution in [0, 0.1) is 6.92 Å². The zero-order chi connectivity index (χ0) is 15.5. The van der Waals surface area contributed by atoms with Gasteiger partial charge in [-0.25, -0.2) is 0 Å². The molecule has 3 nitrogen and oxygen atoms in total.